The minimum Gasteiger partial charge on any atom is -0.463 e. The number of ether oxygens (including phenoxy) is 1. The summed E-state index contributed by atoms with van der Waals surface area (Å²) in [5, 5.41) is 0. The largest absolute Gasteiger partial charge is 0.463 e. The topological polar surface area (TPSA) is 43.4 Å². The van der Waals surface area contributed by atoms with Crippen molar-refractivity contribution in [3.63, 3.8) is 0 Å². The highest BCUT2D eigenvalue weighted by atomic mass is 16.5. The van der Waals surface area contributed by atoms with E-state index in [9.17, 15) is 9.59 Å². The van der Waals surface area contributed by atoms with Gasteiger partial charge in [-0.25, -0.2) is 0 Å². The van der Waals surface area contributed by atoms with Gasteiger partial charge in [0.15, 0.2) is 0 Å². The molecule has 3 fully saturated rings. The molecule has 0 spiro atoms. The summed E-state index contributed by atoms with van der Waals surface area (Å²) >= 11 is 0. The van der Waals surface area contributed by atoms with Crippen LogP contribution in [-0.4, -0.2) is 17.9 Å². The maximum atomic E-state index is 12.2. The van der Waals surface area contributed by atoms with Crippen molar-refractivity contribution < 1.29 is 14.3 Å². The molecule has 26 heavy (non-hydrogen) atoms. The Balaban J connectivity index is 1.59. The second kappa shape index (κ2) is 6.21. The summed E-state index contributed by atoms with van der Waals surface area (Å²) in [6.07, 6.45) is 11.7. The fourth-order valence-corrected chi connectivity index (χ4v) is 7.50. The summed E-state index contributed by atoms with van der Waals surface area (Å²) in [6, 6.07) is 0. The smallest absolute Gasteiger partial charge is 0.302 e. The lowest BCUT2D eigenvalue weighted by Gasteiger charge is -2.56. The molecule has 3 nitrogen and oxygen atoms in total. The Labute approximate surface area is 157 Å². The molecule has 4 aliphatic carbocycles. The van der Waals surface area contributed by atoms with Gasteiger partial charge in [0.25, 0.3) is 0 Å². The SMILES string of the molecule is CC(=O)OC1CCC2(C)C3=CCC4(C)C(C(C)=O)CCC4C3CC[C@H]2C1. The zero-order valence-electron chi connectivity index (χ0n) is 16.8. The highest BCUT2D eigenvalue weighted by molar-refractivity contribution is 5.79. The quantitative estimate of drug-likeness (QED) is 0.510. The number of ketones is 1. The Morgan fingerprint density at radius 3 is 2.54 bits per heavy atom. The van der Waals surface area contributed by atoms with Crippen LogP contribution in [0.3, 0.4) is 0 Å². The summed E-state index contributed by atoms with van der Waals surface area (Å²) < 4.78 is 5.55. The Kier molecular flexibility index (Phi) is 4.36. The molecule has 0 aromatic heterocycles. The van der Waals surface area contributed by atoms with Gasteiger partial charge in [0.2, 0.25) is 0 Å². The minimum absolute atomic E-state index is 0.116. The van der Waals surface area contributed by atoms with E-state index < -0.39 is 0 Å². The number of rotatable bonds is 2. The molecule has 6 unspecified atom stereocenters. The van der Waals surface area contributed by atoms with Crippen LogP contribution in [0.15, 0.2) is 11.6 Å². The molecule has 7 atom stereocenters. The number of Topliss-reactive ketones (excluding diaryl/α,β-unsaturated/α-hetero) is 1. The van der Waals surface area contributed by atoms with Crippen LogP contribution in [0.4, 0.5) is 0 Å². The molecule has 0 saturated heterocycles. The molecule has 0 radical (unpaired) electrons. The van der Waals surface area contributed by atoms with E-state index in [4.69, 9.17) is 4.74 Å². The minimum atomic E-state index is -0.138. The van der Waals surface area contributed by atoms with Gasteiger partial charge in [-0.1, -0.05) is 25.5 Å². The van der Waals surface area contributed by atoms with E-state index in [1.807, 2.05) is 0 Å². The lowest BCUT2D eigenvalue weighted by atomic mass is 9.48. The Hall–Kier alpha value is -1.12. The van der Waals surface area contributed by atoms with E-state index in [1.165, 1.54) is 26.2 Å². The van der Waals surface area contributed by atoms with Crippen LogP contribution in [0.1, 0.15) is 79.1 Å². The molecule has 4 rings (SSSR count). The van der Waals surface area contributed by atoms with Crippen LogP contribution >= 0.6 is 0 Å². The molecule has 0 N–H and O–H groups in total. The Bertz CT molecular complexity index is 650. The molecule has 0 bridgehead atoms. The number of allylic oxidation sites excluding steroid dienone is 2. The van der Waals surface area contributed by atoms with Gasteiger partial charge < -0.3 is 4.74 Å². The summed E-state index contributed by atoms with van der Waals surface area (Å²) in [5.41, 5.74) is 2.15. The normalized spacial score (nSPS) is 47.2. The molecule has 3 heteroatoms. The average molecular weight is 359 g/mol. The van der Waals surface area contributed by atoms with Gasteiger partial charge in [-0.3, -0.25) is 9.59 Å². The number of carbonyl (C=O) groups excluding carboxylic acids is 2. The predicted molar refractivity (Wildman–Crippen MR) is 101 cm³/mol. The highest BCUT2D eigenvalue weighted by Crippen LogP contribution is 2.65. The summed E-state index contributed by atoms with van der Waals surface area (Å²) in [4.78, 5) is 23.6. The van der Waals surface area contributed by atoms with Crippen LogP contribution in [0, 0.1) is 34.5 Å². The van der Waals surface area contributed by atoms with E-state index in [0.29, 0.717) is 23.5 Å². The Morgan fingerprint density at radius 2 is 1.85 bits per heavy atom. The van der Waals surface area contributed by atoms with Gasteiger partial charge in [0.1, 0.15) is 11.9 Å². The fourth-order valence-electron chi connectivity index (χ4n) is 7.50. The van der Waals surface area contributed by atoms with Crippen LogP contribution < -0.4 is 0 Å². The summed E-state index contributed by atoms with van der Waals surface area (Å²) in [5.74, 6) is 2.51. The maximum absolute atomic E-state index is 12.2. The van der Waals surface area contributed by atoms with E-state index in [1.54, 1.807) is 12.5 Å². The molecule has 4 aliphatic rings. The van der Waals surface area contributed by atoms with Crippen molar-refractivity contribution in [1.82, 2.24) is 0 Å². The number of fused-ring (bicyclic) bond motifs is 5. The van der Waals surface area contributed by atoms with Crippen LogP contribution in [0.5, 0.6) is 0 Å². The Morgan fingerprint density at radius 1 is 1.08 bits per heavy atom. The molecule has 3 saturated carbocycles. The van der Waals surface area contributed by atoms with Crippen molar-refractivity contribution in [3.8, 4) is 0 Å². The van der Waals surface area contributed by atoms with Gasteiger partial charge in [0, 0.05) is 12.8 Å². The molecule has 144 valence electrons. The van der Waals surface area contributed by atoms with Gasteiger partial charge >= 0.3 is 5.97 Å². The first kappa shape index (κ1) is 18.3. The zero-order chi connectivity index (χ0) is 18.7. The number of hydrogen-bond acceptors (Lipinski definition) is 3. The van der Waals surface area contributed by atoms with E-state index in [2.05, 4.69) is 19.9 Å². The summed E-state index contributed by atoms with van der Waals surface area (Å²) in [7, 11) is 0. The van der Waals surface area contributed by atoms with E-state index in [0.717, 1.165) is 32.1 Å². The van der Waals surface area contributed by atoms with Gasteiger partial charge in [-0.05, 0) is 86.9 Å². The predicted octanol–water partition coefficient (Wildman–Crippen LogP) is 5.09. The molecule has 0 aromatic carbocycles. The van der Waals surface area contributed by atoms with Crippen molar-refractivity contribution in [2.24, 2.45) is 34.5 Å². The second-order valence-electron chi connectivity index (χ2n) is 10.0. The highest BCUT2D eigenvalue weighted by Gasteiger charge is 2.58. The molecule has 0 aliphatic heterocycles. The maximum Gasteiger partial charge on any atom is 0.302 e. The van der Waals surface area contributed by atoms with Crippen molar-refractivity contribution in [3.05, 3.63) is 11.6 Å². The zero-order valence-corrected chi connectivity index (χ0v) is 16.8. The summed E-state index contributed by atoms with van der Waals surface area (Å²) in [6.45, 7) is 8.18. The van der Waals surface area contributed by atoms with Crippen molar-refractivity contribution >= 4 is 11.8 Å². The standard InChI is InChI=1S/C23H34O3/c1-14(24)19-7-8-20-18-6-5-16-13-17(26-15(2)25)9-11-22(16,3)21(18)10-12-23(19,20)4/h10,16-20H,5-9,11-13H2,1-4H3/t16-,17?,18?,19?,20?,22?,23?/m0/s1. The monoisotopic (exact) mass is 358 g/mol. The third-order valence-electron chi connectivity index (χ3n) is 8.80. The number of esters is 1. The van der Waals surface area contributed by atoms with Gasteiger partial charge in [0.05, 0.1) is 0 Å². The first-order valence-electron chi connectivity index (χ1n) is 10.6. The van der Waals surface area contributed by atoms with Crippen LogP contribution in [-0.2, 0) is 14.3 Å². The molecule has 0 heterocycles. The van der Waals surface area contributed by atoms with E-state index >= 15 is 0 Å². The second-order valence-corrected chi connectivity index (χ2v) is 10.0. The molecular weight excluding hydrogens is 324 g/mol. The average Bonchev–Trinajstić information content (AvgIpc) is 2.92. The first-order chi connectivity index (χ1) is 12.3. The lowest BCUT2D eigenvalue weighted by molar-refractivity contribution is -0.151. The number of carbonyl (C=O) groups is 2. The van der Waals surface area contributed by atoms with Crippen LogP contribution in [0.25, 0.3) is 0 Å². The third-order valence-corrected chi connectivity index (χ3v) is 8.80. The van der Waals surface area contributed by atoms with Crippen molar-refractivity contribution in [1.29, 1.82) is 0 Å². The molecular formula is C23H34O3. The molecule has 0 amide bonds. The van der Waals surface area contributed by atoms with Crippen molar-refractivity contribution in [2.45, 2.75) is 85.2 Å². The first-order valence-corrected chi connectivity index (χ1v) is 10.6. The molecule has 0 aromatic rings. The number of hydrogen-bond donors (Lipinski definition) is 0. The van der Waals surface area contributed by atoms with E-state index in [-0.39, 0.29) is 28.8 Å². The van der Waals surface area contributed by atoms with Gasteiger partial charge in [-0.2, -0.15) is 0 Å². The van der Waals surface area contributed by atoms with Crippen LogP contribution in [0.2, 0.25) is 0 Å². The third kappa shape index (κ3) is 2.60. The van der Waals surface area contributed by atoms with Crippen molar-refractivity contribution in [2.75, 3.05) is 0 Å². The lowest BCUT2D eigenvalue weighted by Crippen LogP contribution is -2.49. The van der Waals surface area contributed by atoms with Gasteiger partial charge in [-0.15, -0.1) is 0 Å². The fraction of sp³-hybridized carbons (Fsp3) is 0.826.